The molecule has 0 radical (unpaired) electrons. The maximum absolute atomic E-state index is 12.8. The van der Waals surface area contributed by atoms with Crippen molar-refractivity contribution in [1.82, 2.24) is 9.78 Å². The van der Waals surface area contributed by atoms with Crippen LogP contribution in [0.5, 0.6) is 0 Å². The molecule has 0 aliphatic carbocycles. The molecule has 1 unspecified atom stereocenters. The number of rotatable bonds is 3. The highest BCUT2D eigenvalue weighted by Gasteiger charge is 2.32. The van der Waals surface area contributed by atoms with Crippen molar-refractivity contribution >= 4 is 17.3 Å². The molecule has 0 amide bonds. The van der Waals surface area contributed by atoms with E-state index in [9.17, 15) is 18.3 Å². The zero-order valence-corrected chi connectivity index (χ0v) is 11.8. The van der Waals surface area contributed by atoms with Crippen molar-refractivity contribution < 1.29 is 18.3 Å². The first-order chi connectivity index (χ1) is 9.75. The van der Waals surface area contributed by atoms with Gasteiger partial charge in [-0.2, -0.15) is 18.3 Å². The first kappa shape index (κ1) is 15.7. The predicted molar refractivity (Wildman–Crippen MR) is 72.8 cm³/mol. The lowest BCUT2D eigenvalue weighted by molar-refractivity contribution is -0.137. The summed E-state index contributed by atoms with van der Waals surface area (Å²) in [5.74, 6) is 0. The quantitative estimate of drug-likeness (QED) is 0.854. The number of nitrogens with two attached hydrogens (primary N) is 1. The van der Waals surface area contributed by atoms with Gasteiger partial charge in [0.1, 0.15) is 6.10 Å². The average molecular weight is 320 g/mol. The molecule has 1 aromatic heterocycles. The van der Waals surface area contributed by atoms with Crippen molar-refractivity contribution in [2.45, 2.75) is 25.7 Å². The molecule has 0 bridgehead atoms. The second-order valence-electron chi connectivity index (χ2n) is 4.44. The van der Waals surface area contributed by atoms with Crippen molar-refractivity contribution in [2.75, 3.05) is 5.73 Å². The van der Waals surface area contributed by atoms with E-state index in [1.165, 1.54) is 10.9 Å². The summed E-state index contributed by atoms with van der Waals surface area (Å²) in [5, 5.41) is 14.5. The molecule has 3 N–H and O–H groups in total. The summed E-state index contributed by atoms with van der Waals surface area (Å²) in [5.41, 5.74) is 5.01. The fourth-order valence-corrected chi connectivity index (χ4v) is 2.28. The molecule has 0 aliphatic heterocycles. The molecule has 2 rings (SSSR count). The zero-order valence-electron chi connectivity index (χ0n) is 11.0. The molecule has 21 heavy (non-hydrogen) atoms. The maximum Gasteiger partial charge on any atom is 0.416 e. The Hall–Kier alpha value is -1.73. The Labute approximate surface area is 123 Å². The van der Waals surface area contributed by atoms with Crippen molar-refractivity contribution in [3.8, 4) is 0 Å². The minimum atomic E-state index is -4.52. The van der Waals surface area contributed by atoms with Gasteiger partial charge in [-0.3, -0.25) is 4.68 Å². The van der Waals surface area contributed by atoms with Crippen LogP contribution in [-0.4, -0.2) is 14.9 Å². The topological polar surface area (TPSA) is 64.1 Å². The molecule has 1 atom stereocenters. The molecule has 0 aliphatic rings. The highest BCUT2D eigenvalue weighted by molar-refractivity contribution is 6.31. The monoisotopic (exact) mass is 319 g/mol. The highest BCUT2D eigenvalue weighted by Crippen LogP contribution is 2.36. The first-order valence-corrected chi connectivity index (χ1v) is 6.49. The average Bonchev–Trinajstić information content (AvgIpc) is 2.78. The van der Waals surface area contributed by atoms with Gasteiger partial charge in [0, 0.05) is 17.8 Å². The number of alkyl halides is 3. The third kappa shape index (κ3) is 2.98. The van der Waals surface area contributed by atoms with Crippen LogP contribution in [0, 0.1) is 0 Å². The summed E-state index contributed by atoms with van der Waals surface area (Å²) in [6.07, 6.45) is -4.58. The Kier molecular flexibility index (Phi) is 4.15. The summed E-state index contributed by atoms with van der Waals surface area (Å²) in [6.45, 7) is 2.19. The second kappa shape index (κ2) is 5.57. The minimum absolute atomic E-state index is 0.0513. The summed E-state index contributed by atoms with van der Waals surface area (Å²) in [6, 6.07) is 2.80. The number of aliphatic hydroxyl groups excluding tert-OH is 1. The van der Waals surface area contributed by atoms with Gasteiger partial charge in [0.05, 0.1) is 22.5 Å². The van der Waals surface area contributed by atoms with E-state index in [-0.39, 0.29) is 22.0 Å². The fraction of sp³-hybridized carbons (Fsp3) is 0.308. The number of benzene rings is 1. The largest absolute Gasteiger partial charge is 0.416 e. The van der Waals surface area contributed by atoms with Crippen molar-refractivity contribution in [3.63, 3.8) is 0 Å². The summed E-state index contributed by atoms with van der Waals surface area (Å²) in [7, 11) is 0. The van der Waals surface area contributed by atoms with E-state index in [1.807, 2.05) is 0 Å². The molecule has 0 saturated heterocycles. The molecule has 4 nitrogen and oxygen atoms in total. The number of anilines is 1. The zero-order chi connectivity index (χ0) is 15.8. The third-order valence-electron chi connectivity index (χ3n) is 3.10. The lowest BCUT2D eigenvalue weighted by atomic mass is 10.0. The van der Waals surface area contributed by atoms with Gasteiger partial charge in [0.2, 0.25) is 0 Å². The van der Waals surface area contributed by atoms with E-state index in [2.05, 4.69) is 5.10 Å². The van der Waals surface area contributed by atoms with Crippen LogP contribution in [-0.2, 0) is 12.7 Å². The van der Waals surface area contributed by atoms with E-state index in [0.29, 0.717) is 6.54 Å². The van der Waals surface area contributed by atoms with Crippen LogP contribution < -0.4 is 5.73 Å². The van der Waals surface area contributed by atoms with Crippen LogP contribution in [0.25, 0.3) is 0 Å². The van der Waals surface area contributed by atoms with Gasteiger partial charge < -0.3 is 10.8 Å². The number of nitrogen functional groups attached to an aromatic ring is 1. The van der Waals surface area contributed by atoms with Crippen LogP contribution in [0.3, 0.4) is 0 Å². The minimum Gasteiger partial charge on any atom is -0.398 e. The molecule has 1 heterocycles. The van der Waals surface area contributed by atoms with Gasteiger partial charge in [0.25, 0.3) is 0 Å². The standard InChI is InChI=1S/C13H13ClF3N3O/c1-2-20-11(9(14)6-19-20)12(21)8-5-7(13(15,16)17)3-4-10(8)18/h3-6,12,21H,2,18H2,1H3. The van der Waals surface area contributed by atoms with Crippen molar-refractivity contribution in [2.24, 2.45) is 0 Å². The Morgan fingerprint density at radius 3 is 2.67 bits per heavy atom. The molecule has 114 valence electrons. The van der Waals surface area contributed by atoms with Crippen LogP contribution in [0.1, 0.15) is 29.8 Å². The normalized spacial score (nSPS) is 13.4. The molecular weight excluding hydrogens is 307 g/mol. The van der Waals surface area contributed by atoms with Crippen molar-refractivity contribution in [1.29, 1.82) is 0 Å². The molecule has 8 heteroatoms. The van der Waals surface area contributed by atoms with Crippen molar-refractivity contribution in [3.05, 3.63) is 46.2 Å². The SMILES string of the molecule is CCn1ncc(Cl)c1C(O)c1cc(C(F)(F)F)ccc1N. The summed E-state index contributed by atoms with van der Waals surface area (Å²) >= 11 is 5.94. The van der Waals surface area contributed by atoms with Gasteiger partial charge in [-0.05, 0) is 25.1 Å². The van der Waals surface area contributed by atoms with Crippen LogP contribution in [0.4, 0.5) is 18.9 Å². The van der Waals surface area contributed by atoms with E-state index in [0.717, 1.165) is 18.2 Å². The van der Waals surface area contributed by atoms with Crippen LogP contribution in [0.15, 0.2) is 24.4 Å². The molecule has 0 fully saturated rings. The number of hydrogen-bond donors (Lipinski definition) is 2. The Balaban J connectivity index is 2.52. The number of aromatic nitrogens is 2. The molecular formula is C13H13ClF3N3O. The number of aryl methyl sites for hydroxylation is 1. The highest BCUT2D eigenvalue weighted by atomic mass is 35.5. The lowest BCUT2D eigenvalue weighted by Crippen LogP contribution is -2.13. The third-order valence-corrected chi connectivity index (χ3v) is 3.39. The van der Waals surface area contributed by atoms with Gasteiger partial charge >= 0.3 is 6.18 Å². The number of hydrogen-bond acceptors (Lipinski definition) is 3. The van der Waals surface area contributed by atoms with E-state index < -0.39 is 17.8 Å². The molecule has 0 spiro atoms. The van der Waals surface area contributed by atoms with Gasteiger partial charge in [-0.1, -0.05) is 11.6 Å². The Morgan fingerprint density at radius 2 is 2.10 bits per heavy atom. The van der Waals surface area contributed by atoms with Crippen LogP contribution >= 0.6 is 11.6 Å². The lowest BCUT2D eigenvalue weighted by Gasteiger charge is -2.17. The number of halogens is 4. The molecule has 2 aromatic rings. The first-order valence-electron chi connectivity index (χ1n) is 6.11. The Bertz CT molecular complexity index is 655. The maximum atomic E-state index is 12.8. The second-order valence-corrected chi connectivity index (χ2v) is 4.84. The van der Waals surface area contributed by atoms with Crippen LogP contribution in [0.2, 0.25) is 5.02 Å². The van der Waals surface area contributed by atoms with E-state index in [4.69, 9.17) is 17.3 Å². The van der Waals surface area contributed by atoms with E-state index >= 15 is 0 Å². The summed E-state index contributed by atoms with van der Waals surface area (Å²) < 4.78 is 39.7. The van der Waals surface area contributed by atoms with E-state index in [1.54, 1.807) is 6.92 Å². The smallest absolute Gasteiger partial charge is 0.398 e. The van der Waals surface area contributed by atoms with Gasteiger partial charge in [0.15, 0.2) is 0 Å². The Morgan fingerprint density at radius 1 is 1.43 bits per heavy atom. The molecule has 1 aromatic carbocycles. The fourth-order valence-electron chi connectivity index (χ4n) is 2.03. The number of aliphatic hydroxyl groups is 1. The van der Waals surface area contributed by atoms with Gasteiger partial charge in [-0.15, -0.1) is 0 Å². The summed E-state index contributed by atoms with van der Waals surface area (Å²) in [4.78, 5) is 0. The number of nitrogens with zero attached hydrogens (tertiary/aromatic N) is 2. The molecule has 0 saturated carbocycles. The predicted octanol–water partition coefficient (Wildman–Crippen LogP) is 3.24. The van der Waals surface area contributed by atoms with Gasteiger partial charge in [-0.25, -0.2) is 0 Å².